The first kappa shape index (κ1) is 9.34. The van der Waals surface area contributed by atoms with Crippen molar-refractivity contribution in [2.75, 3.05) is 7.05 Å². The molecule has 1 aliphatic heterocycles. The number of nitrogens with zero attached hydrogens (tertiary/aromatic N) is 2. The summed E-state index contributed by atoms with van der Waals surface area (Å²) in [5.41, 5.74) is 1.21. The number of aliphatic imine (C=N–C) groups is 1. The van der Waals surface area contributed by atoms with Gasteiger partial charge in [-0.2, -0.15) is 0 Å². The maximum atomic E-state index is 5.25. The third-order valence-corrected chi connectivity index (χ3v) is 2.83. The van der Waals surface area contributed by atoms with E-state index in [0.29, 0.717) is 0 Å². The highest BCUT2D eigenvalue weighted by molar-refractivity contribution is 7.80. The quantitative estimate of drug-likeness (QED) is 0.653. The number of hydrogen-bond donors (Lipinski definition) is 0. The highest BCUT2D eigenvalue weighted by atomic mass is 32.1. The van der Waals surface area contributed by atoms with Gasteiger partial charge in [-0.3, -0.25) is 0 Å². The van der Waals surface area contributed by atoms with E-state index in [4.69, 9.17) is 12.2 Å². The fourth-order valence-electron chi connectivity index (χ4n) is 1.65. The van der Waals surface area contributed by atoms with Crippen molar-refractivity contribution in [3.05, 3.63) is 35.9 Å². The summed E-state index contributed by atoms with van der Waals surface area (Å²) in [6.45, 7) is 1.98. The van der Waals surface area contributed by atoms with E-state index in [0.717, 1.165) is 10.8 Å². The summed E-state index contributed by atoms with van der Waals surface area (Å²) in [7, 11) is 2.02. The molecule has 1 heterocycles. The lowest BCUT2D eigenvalue weighted by atomic mass is 10.1. The van der Waals surface area contributed by atoms with Gasteiger partial charge < -0.3 is 4.90 Å². The average Bonchev–Trinajstić information content (AvgIpc) is 2.43. The van der Waals surface area contributed by atoms with Crippen LogP contribution in [0.3, 0.4) is 0 Å². The van der Waals surface area contributed by atoms with Gasteiger partial charge in [-0.15, -0.1) is 0 Å². The third kappa shape index (κ3) is 1.44. The summed E-state index contributed by atoms with van der Waals surface area (Å²) in [4.78, 5) is 7.17. The molecule has 1 unspecified atom stereocenters. The number of rotatable bonds is 1. The Morgan fingerprint density at radius 2 is 1.93 bits per heavy atom. The highest BCUT2D eigenvalue weighted by Crippen LogP contribution is 2.26. The molecule has 72 valence electrons. The molecule has 0 amide bonds. The Bertz CT molecular complexity index is 384. The first-order valence-corrected chi connectivity index (χ1v) is 4.98. The van der Waals surface area contributed by atoms with Gasteiger partial charge in [0, 0.05) is 7.05 Å². The van der Waals surface area contributed by atoms with Crippen molar-refractivity contribution in [1.82, 2.24) is 4.90 Å². The lowest BCUT2D eigenvalue weighted by Gasteiger charge is -2.21. The van der Waals surface area contributed by atoms with Crippen LogP contribution in [0.1, 0.15) is 18.5 Å². The first-order valence-electron chi connectivity index (χ1n) is 4.57. The Balaban J connectivity index is 2.34. The molecule has 0 fully saturated rings. The van der Waals surface area contributed by atoms with Crippen LogP contribution in [0.2, 0.25) is 0 Å². The molecule has 0 spiro atoms. The number of benzene rings is 1. The molecule has 1 atom stereocenters. The Labute approximate surface area is 89.3 Å². The standard InChI is InChI=1S/C11H12N2S/c1-8-12-11(14)10(13(8)2)9-6-4-3-5-7-9/h3-7,10H,1-2H3. The predicted molar refractivity (Wildman–Crippen MR) is 62.7 cm³/mol. The van der Waals surface area contributed by atoms with Crippen LogP contribution in [0.4, 0.5) is 0 Å². The van der Waals surface area contributed by atoms with Crippen LogP contribution in [-0.4, -0.2) is 22.8 Å². The van der Waals surface area contributed by atoms with Gasteiger partial charge in [-0.1, -0.05) is 42.5 Å². The smallest absolute Gasteiger partial charge is 0.132 e. The van der Waals surface area contributed by atoms with E-state index in [-0.39, 0.29) is 6.04 Å². The van der Waals surface area contributed by atoms with E-state index >= 15 is 0 Å². The molecule has 2 rings (SSSR count). The molecule has 14 heavy (non-hydrogen) atoms. The molecular weight excluding hydrogens is 192 g/mol. The lowest BCUT2D eigenvalue weighted by Crippen LogP contribution is -2.25. The van der Waals surface area contributed by atoms with Gasteiger partial charge in [0.1, 0.15) is 16.9 Å². The fraction of sp³-hybridized carbons (Fsp3) is 0.273. The van der Waals surface area contributed by atoms with Crippen molar-refractivity contribution >= 4 is 23.0 Å². The molecular formula is C11H12N2S. The van der Waals surface area contributed by atoms with Crippen LogP contribution in [-0.2, 0) is 0 Å². The van der Waals surface area contributed by atoms with Crippen molar-refractivity contribution in [3.63, 3.8) is 0 Å². The second-order valence-electron chi connectivity index (χ2n) is 3.42. The Kier molecular flexibility index (Phi) is 2.33. The van der Waals surface area contributed by atoms with Crippen LogP contribution < -0.4 is 0 Å². The first-order chi connectivity index (χ1) is 6.70. The van der Waals surface area contributed by atoms with Crippen LogP contribution in [0, 0.1) is 0 Å². The molecule has 0 saturated heterocycles. The average molecular weight is 204 g/mol. The van der Waals surface area contributed by atoms with Crippen LogP contribution >= 0.6 is 12.2 Å². The molecule has 1 aromatic carbocycles. The second kappa shape index (κ2) is 3.50. The molecule has 2 nitrogen and oxygen atoms in total. The fourth-order valence-corrected chi connectivity index (χ4v) is 2.08. The summed E-state index contributed by atoms with van der Waals surface area (Å²) in [6, 6.07) is 10.4. The number of thiocarbonyl (C=S) groups is 1. The molecule has 1 aliphatic rings. The Hall–Kier alpha value is -1.22. The van der Waals surface area contributed by atoms with E-state index in [1.807, 2.05) is 32.2 Å². The van der Waals surface area contributed by atoms with Crippen molar-refractivity contribution < 1.29 is 0 Å². The Morgan fingerprint density at radius 3 is 2.43 bits per heavy atom. The summed E-state index contributed by atoms with van der Waals surface area (Å²) in [5.74, 6) is 0.990. The molecule has 0 bridgehead atoms. The molecule has 0 aliphatic carbocycles. The van der Waals surface area contributed by atoms with Gasteiger partial charge in [-0.05, 0) is 12.5 Å². The molecule has 1 aromatic rings. The van der Waals surface area contributed by atoms with Gasteiger partial charge in [0.15, 0.2) is 0 Å². The highest BCUT2D eigenvalue weighted by Gasteiger charge is 2.27. The maximum Gasteiger partial charge on any atom is 0.132 e. The molecule has 0 N–H and O–H groups in total. The molecule has 3 heteroatoms. The number of amidine groups is 1. The molecule has 0 aromatic heterocycles. The van der Waals surface area contributed by atoms with Gasteiger partial charge in [0.05, 0.1) is 0 Å². The number of likely N-dealkylation sites (N-methyl/N-ethyl adjacent to an activating group) is 1. The molecule has 0 radical (unpaired) electrons. The summed E-state index contributed by atoms with van der Waals surface area (Å²) in [5, 5.41) is 0. The lowest BCUT2D eigenvalue weighted by molar-refractivity contribution is 0.478. The summed E-state index contributed by atoms with van der Waals surface area (Å²) < 4.78 is 0. The zero-order valence-electron chi connectivity index (χ0n) is 8.27. The van der Waals surface area contributed by atoms with Crippen molar-refractivity contribution in [2.45, 2.75) is 13.0 Å². The van der Waals surface area contributed by atoms with Gasteiger partial charge in [-0.25, -0.2) is 4.99 Å². The van der Waals surface area contributed by atoms with E-state index in [2.05, 4.69) is 22.0 Å². The maximum absolute atomic E-state index is 5.25. The minimum absolute atomic E-state index is 0.145. The van der Waals surface area contributed by atoms with Crippen LogP contribution in [0.5, 0.6) is 0 Å². The zero-order chi connectivity index (χ0) is 10.1. The topological polar surface area (TPSA) is 15.6 Å². The van der Waals surface area contributed by atoms with E-state index in [1.54, 1.807) is 0 Å². The van der Waals surface area contributed by atoms with Crippen molar-refractivity contribution in [2.24, 2.45) is 4.99 Å². The van der Waals surface area contributed by atoms with Crippen molar-refractivity contribution in [1.29, 1.82) is 0 Å². The largest absolute Gasteiger partial charge is 0.350 e. The Morgan fingerprint density at radius 1 is 1.29 bits per heavy atom. The number of hydrogen-bond acceptors (Lipinski definition) is 2. The van der Waals surface area contributed by atoms with Crippen LogP contribution in [0.15, 0.2) is 35.3 Å². The normalized spacial score (nSPS) is 21.3. The molecule has 0 saturated carbocycles. The van der Waals surface area contributed by atoms with Crippen LogP contribution in [0.25, 0.3) is 0 Å². The second-order valence-corrected chi connectivity index (χ2v) is 3.84. The van der Waals surface area contributed by atoms with E-state index in [9.17, 15) is 0 Å². The van der Waals surface area contributed by atoms with Gasteiger partial charge in [0.2, 0.25) is 0 Å². The minimum Gasteiger partial charge on any atom is -0.350 e. The third-order valence-electron chi connectivity index (χ3n) is 2.52. The summed E-state index contributed by atoms with van der Waals surface area (Å²) in [6.07, 6.45) is 0. The SMILES string of the molecule is CC1=NC(=S)C(c2ccccc2)N1C. The van der Waals surface area contributed by atoms with Gasteiger partial charge in [0.25, 0.3) is 0 Å². The van der Waals surface area contributed by atoms with Crippen molar-refractivity contribution in [3.8, 4) is 0 Å². The monoisotopic (exact) mass is 204 g/mol. The summed E-state index contributed by atoms with van der Waals surface area (Å²) >= 11 is 5.25. The van der Waals surface area contributed by atoms with E-state index < -0.39 is 0 Å². The predicted octanol–water partition coefficient (Wildman–Crippen LogP) is 2.42. The zero-order valence-corrected chi connectivity index (χ0v) is 9.08. The minimum atomic E-state index is 0.145. The van der Waals surface area contributed by atoms with E-state index in [1.165, 1.54) is 5.56 Å². The van der Waals surface area contributed by atoms with Gasteiger partial charge >= 0.3 is 0 Å².